The Morgan fingerprint density at radius 1 is 1.62 bits per heavy atom. The van der Waals surface area contributed by atoms with Crippen LogP contribution in [-0.4, -0.2) is 30.8 Å². The van der Waals surface area contributed by atoms with Crippen molar-refractivity contribution in [2.45, 2.75) is 6.54 Å². The van der Waals surface area contributed by atoms with Crippen LogP contribution in [0.2, 0.25) is 0 Å². The predicted octanol–water partition coefficient (Wildman–Crippen LogP) is -1.27. The first kappa shape index (κ1) is 10.0. The standard InChI is InChI=1S/C6H11N3O3S/c1-13(11,12)8-3-5-9-4-2-7-6(9)10/h2,4,8H,3,5H2,1H3,(H,7,10). The highest BCUT2D eigenvalue weighted by atomic mass is 32.2. The van der Waals surface area contributed by atoms with Crippen LogP contribution in [0.25, 0.3) is 0 Å². The SMILES string of the molecule is CS(=O)(=O)NCCn1cc[nH]c1=O. The van der Waals surface area contributed by atoms with Gasteiger partial charge in [-0.15, -0.1) is 0 Å². The maximum atomic E-state index is 10.9. The summed E-state index contributed by atoms with van der Waals surface area (Å²) >= 11 is 0. The topological polar surface area (TPSA) is 84.0 Å². The zero-order valence-electron chi connectivity index (χ0n) is 7.15. The zero-order valence-corrected chi connectivity index (χ0v) is 7.97. The van der Waals surface area contributed by atoms with E-state index in [4.69, 9.17) is 0 Å². The number of nitrogens with one attached hydrogen (secondary N) is 2. The van der Waals surface area contributed by atoms with Crippen molar-refractivity contribution in [3.63, 3.8) is 0 Å². The molecule has 0 amide bonds. The Morgan fingerprint density at radius 2 is 2.31 bits per heavy atom. The lowest BCUT2D eigenvalue weighted by molar-refractivity contribution is 0.576. The number of H-pyrrole nitrogens is 1. The van der Waals surface area contributed by atoms with Crippen molar-refractivity contribution in [2.75, 3.05) is 12.8 Å². The highest BCUT2D eigenvalue weighted by Gasteiger charge is 2.00. The highest BCUT2D eigenvalue weighted by Crippen LogP contribution is 1.79. The predicted molar refractivity (Wildman–Crippen MR) is 47.9 cm³/mol. The van der Waals surface area contributed by atoms with E-state index in [-0.39, 0.29) is 12.2 Å². The van der Waals surface area contributed by atoms with Gasteiger partial charge in [-0.25, -0.2) is 17.9 Å². The van der Waals surface area contributed by atoms with Crippen molar-refractivity contribution in [3.05, 3.63) is 22.9 Å². The lowest BCUT2D eigenvalue weighted by Gasteiger charge is -2.01. The third kappa shape index (κ3) is 3.43. The van der Waals surface area contributed by atoms with E-state index in [9.17, 15) is 13.2 Å². The molecular weight excluding hydrogens is 194 g/mol. The van der Waals surface area contributed by atoms with Gasteiger partial charge in [0.2, 0.25) is 10.0 Å². The first-order valence-electron chi connectivity index (χ1n) is 3.67. The number of imidazole rings is 1. The number of hydrogen-bond donors (Lipinski definition) is 2. The van der Waals surface area contributed by atoms with Gasteiger partial charge in [-0.1, -0.05) is 0 Å². The molecule has 1 aromatic heterocycles. The van der Waals surface area contributed by atoms with Crippen LogP contribution < -0.4 is 10.4 Å². The number of sulfonamides is 1. The summed E-state index contributed by atoms with van der Waals surface area (Å²) in [6.07, 6.45) is 4.14. The molecule has 0 aliphatic heterocycles. The first-order chi connectivity index (χ1) is 5.99. The summed E-state index contributed by atoms with van der Waals surface area (Å²) in [7, 11) is -3.17. The molecule has 1 aromatic rings. The zero-order chi connectivity index (χ0) is 9.90. The van der Waals surface area contributed by atoms with Crippen LogP contribution >= 0.6 is 0 Å². The van der Waals surface area contributed by atoms with Gasteiger partial charge in [-0.3, -0.25) is 4.57 Å². The lowest BCUT2D eigenvalue weighted by atomic mass is 10.6. The van der Waals surface area contributed by atoms with E-state index in [0.717, 1.165) is 6.26 Å². The molecule has 0 atom stereocenters. The third-order valence-corrected chi connectivity index (χ3v) is 2.17. The number of aromatic amines is 1. The van der Waals surface area contributed by atoms with Crippen molar-refractivity contribution < 1.29 is 8.42 Å². The Bertz CT molecular complexity index is 416. The van der Waals surface area contributed by atoms with Crippen LogP contribution in [0.15, 0.2) is 17.2 Å². The van der Waals surface area contributed by atoms with Crippen LogP contribution in [0.4, 0.5) is 0 Å². The van der Waals surface area contributed by atoms with Gasteiger partial charge in [0.1, 0.15) is 0 Å². The molecule has 0 aliphatic carbocycles. The summed E-state index contributed by atoms with van der Waals surface area (Å²) < 4.78 is 24.9. The van der Waals surface area contributed by atoms with Crippen LogP contribution in [0, 0.1) is 0 Å². The van der Waals surface area contributed by atoms with Crippen LogP contribution in [0.5, 0.6) is 0 Å². The molecule has 0 spiro atoms. The van der Waals surface area contributed by atoms with E-state index in [0.29, 0.717) is 6.54 Å². The molecular formula is C6H11N3O3S. The van der Waals surface area contributed by atoms with E-state index in [2.05, 4.69) is 9.71 Å². The molecule has 0 aromatic carbocycles. The second kappa shape index (κ2) is 3.75. The van der Waals surface area contributed by atoms with E-state index in [1.165, 1.54) is 10.8 Å². The van der Waals surface area contributed by atoms with Crippen LogP contribution in [0.3, 0.4) is 0 Å². The van der Waals surface area contributed by atoms with E-state index in [1.54, 1.807) is 6.20 Å². The minimum atomic E-state index is -3.17. The Morgan fingerprint density at radius 3 is 2.77 bits per heavy atom. The Labute approximate surface area is 75.6 Å². The minimum absolute atomic E-state index is 0.219. The monoisotopic (exact) mass is 205 g/mol. The molecule has 0 aliphatic rings. The van der Waals surface area contributed by atoms with Gasteiger partial charge in [0.15, 0.2) is 0 Å². The van der Waals surface area contributed by atoms with E-state index < -0.39 is 10.0 Å². The molecule has 2 N–H and O–H groups in total. The number of rotatable bonds is 4. The molecule has 0 radical (unpaired) electrons. The minimum Gasteiger partial charge on any atom is -0.313 e. The quantitative estimate of drug-likeness (QED) is 0.642. The number of hydrogen-bond acceptors (Lipinski definition) is 3. The van der Waals surface area contributed by atoms with Crippen molar-refractivity contribution in [1.82, 2.24) is 14.3 Å². The molecule has 0 bridgehead atoms. The fourth-order valence-corrected chi connectivity index (χ4v) is 1.34. The van der Waals surface area contributed by atoms with Crippen LogP contribution in [-0.2, 0) is 16.6 Å². The lowest BCUT2D eigenvalue weighted by Crippen LogP contribution is -2.28. The molecule has 6 nitrogen and oxygen atoms in total. The maximum Gasteiger partial charge on any atom is 0.325 e. The second-order valence-corrected chi connectivity index (χ2v) is 4.46. The van der Waals surface area contributed by atoms with Gasteiger partial charge in [0, 0.05) is 25.5 Å². The van der Waals surface area contributed by atoms with Gasteiger partial charge in [-0.05, 0) is 0 Å². The Balaban J connectivity index is 2.46. The Hall–Kier alpha value is -1.08. The van der Waals surface area contributed by atoms with Gasteiger partial charge >= 0.3 is 5.69 Å². The van der Waals surface area contributed by atoms with Crippen LogP contribution in [0.1, 0.15) is 0 Å². The molecule has 7 heteroatoms. The smallest absolute Gasteiger partial charge is 0.313 e. The molecule has 1 heterocycles. The van der Waals surface area contributed by atoms with Crippen molar-refractivity contribution in [1.29, 1.82) is 0 Å². The summed E-state index contributed by atoms with van der Waals surface area (Å²) in [6.45, 7) is 0.548. The molecule has 13 heavy (non-hydrogen) atoms. The summed E-state index contributed by atoms with van der Waals surface area (Å²) in [5, 5.41) is 0. The summed E-state index contributed by atoms with van der Waals surface area (Å²) in [5.74, 6) is 0. The largest absolute Gasteiger partial charge is 0.325 e. The van der Waals surface area contributed by atoms with Gasteiger partial charge < -0.3 is 4.98 Å². The fourth-order valence-electron chi connectivity index (χ4n) is 0.877. The first-order valence-corrected chi connectivity index (χ1v) is 5.56. The van der Waals surface area contributed by atoms with Gasteiger partial charge in [-0.2, -0.15) is 0 Å². The maximum absolute atomic E-state index is 10.9. The fraction of sp³-hybridized carbons (Fsp3) is 0.500. The second-order valence-electron chi connectivity index (χ2n) is 2.63. The van der Waals surface area contributed by atoms with E-state index >= 15 is 0 Å². The summed E-state index contributed by atoms with van der Waals surface area (Å²) in [4.78, 5) is 13.4. The molecule has 0 fully saturated rings. The summed E-state index contributed by atoms with van der Waals surface area (Å²) in [6, 6.07) is 0. The molecule has 0 saturated carbocycles. The van der Waals surface area contributed by atoms with Crippen molar-refractivity contribution >= 4 is 10.0 Å². The molecule has 0 unspecified atom stereocenters. The highest BCUT2D eigenvalue weighted by molar-refractivity contribution is 7.88. The van der Waals surface area contributed by atoms with Gasteiger partial charge in [0.05, 0.1) is 6.26 Å². The van der Waals surface area contributed by atoms with Crippen molar-refractivity contribution in [3.8, 4) is 0 Å². The molecule has 1 rings (SSSR count). The average molecular weight is 205 g/mol. The third-order valence-electron chi connectivity index (χ3n) is 1.44. The van der Waals surface area contributed by atoms with Gasteiger partial charge in [0.25, 0.3) is 0 Å². The molecule has 0 saturated heterocycles. The molecule has 74 valence electrons. The number of nitrogens with zero attached hydrogens (tertiary/aromatic N) is 1. The average Bonchev–Trinajstić information content (AvgIpc) is 2.34. The Kier molecular flexibility index (Phi) is 2.89. The van der Waals surface area contributed by atoms with Crippen molar-refractivity contribution in [2.24, 2.45) is 0 Å². The van der Waals surface area contributed by atoms with E-state index in [1.807, 2.05) is 0 Å². The normalized spacial score (nSPS) is 11.8. The number of aromatic nitrogens is 2. The summed E-state index contributed by atoms with van der Waals surface area (Å²) in [5.41, 5.74) is -0.240.